The summed E-state index contributed by atoms with van der Waals surface area (Å²) in [5.74, 6) is 0.503. The Labute approximate surface area is 82.3 Å². The molecule has 0 radical (unpaired) electrons. The number of aliphatic imine (C=N–C) groups is 1. The fourth-order valence-electron chi connectivity index (χ4n) is 1.12. The van der Waals surface area contributed by atoms with Crippen molar-refractivity contribution in [1.82, 2.24) is 4.98 Å². The molecule has 1 aromatic rings. The summed E-state index contributed by atoms with van der Waals surface area (Å²) in [5, 5.41) is 3.95. The Kier molecular flexibility index (Phi) is 2.53. The minimum absolute atomic E-state index is 0.503. The van der Waals surface area contributed by atoms with E-state index in [1.165, 1.54) is 0 Å². The van der Waals surface area contributed by atoms with Gasteiger partial charge in [-0.25, -0.2) is 4.99 Å². The molecule has 0 amide bonds. The van der Waals surface area contributed by atoms with Gasteiger partial charge in [0.1, 0.15) is 5.69 Å². The van der Waals surface area contributed by atoms with E-state index < -0.39 is 0 Å². The Morgan fingerprint density at radius 3 is 2.93 bits per heavy atom. The van der Waals surface area contributed by atoms with Gasteiger partial charge in [0, 0.05) is 6.20 Å². The van der Waals surface area contributed by atoms with Crippen molar-refractivity contribution >= 4 is 11.6 Å². The van der Waals surface area contributed by atoms with Gasteiger partial charge < -0.3 is 4.84 Å². The van der Waals surface area contributed by atoms with Crippen LogP contribution in [-0.4, -0.2) is 23.1 Å². The fourth-order valence-corrected chi connectivity index (χ4v) is 1.12. The highest BCUT2D eigenvalue weighted by atomic mass is 16.6. The van der Waals surface area contributed by atoms with Crippen LogP contribution in [-0.2, 0) is 4.84 Å². The predicted octanol–water partition coefficient (Wildman–Crippen LogP) is 1.62. The first-order valence-corrected chi connectivity index (χ1v) is 4.58. The Bertz CT molecular complexity index is 370. The van der Waals surface area contributed by atoms with Crippen LogP contribution in [0.15, 0.2) is 34.5 Å². The number of oxime groups is 1. The molecule has 1 aromatic heterocycles. The Hall–Kier alpha value is -1.71. The smallest absolute Gasteiger partial charge is 0.270 e. The first-order valence-electron chi connectivity index (χ1n) is 4.58. The van der Waals surface area contributed by atoms with E-state index in [0.29, 0.717) is 12.4 Å². The van der Waals surface area contributed by atoms with E-state index in [1.807, 2.05) is 25.1 Å². The molecule has 0 N–H and O–H groups in total. The van der Waals surface area contributed by atoms with Gasteiger partial charge in [0.05, 0.1) is 12.3 Å². The molecule has 0 bridgehead atoms. The van der Waals surface area contributed by atoms with Crippen molar-refractivity contribution in [3.63, 3.8) is 0 Å². The maximum Gasteiger partial charge on any atom is 0.270 e. The minimum atomic E-state index is 0.503. The zero-order valence-electron chi connectivity index (χ0n) is 7.97. The summed E-state index contributed by atoms with van der Waals surface area (Å²) in [4.78, 5) is 13.5. The maximum atomic E-state index is 5.14. The topological polar surface area (TPSA) is 46.8 Å². The Morgan fingerprint density at radius 2 is 2.36 bits per heavy atom. The normalized spacial score (nSPS) is 15.5. The van der Waals surface area contributed by atoms with Gasteiger partial charge in [-0.15, -0.1) is 0 Å². The van der Waals surface area contributed by atoms with Crippen molar-refractivity contribution < 1.29 is 4.84 Å². The van der Waals surface area contributed by atoms with Crippen LogP contribution in [0.3, 0.4) is 0 Å². The lowest BCUT2D eigenvalue weighted by Gasteiger charge is -2.09. The molecule has 2 rings (SSSR count). The SMILES string of the molecule is CCC1=NOC(c2ccccn2)=NC1. The van der Waals surface area contributed by atoms with Gasteiger partial charge in [0.25, 0.3) is 5.90 Å². The molecule has 0 aromatic carbocycles. The molecule has 1 aliphatic heterocycles. The summed E-state index contributed by atoms with van der Waals surface area (Å²) in [6.45, 7) is 2.64. The molecule has 0 spiro atoms. The zero-order chi connectivity index (χ0) is 9.80. The van der Waals surface area contributed by atoms with Crippen molar-refractivity contribution in [3.05, 3.63) is 30.1 Å². The van der Waals surface area contributed by atoms with Gasteiger partial charge in [0.2, 0.25) is 0 Å². The molecule has 0 unspecified atom stereocenters. The highest BCUT2D eigenvalue weighted by molar-refractivity contribution is 5.97. The van der Waals surface area contributed by atoms with Crippen LogP contribution in [0.1, 0.15) is 19.0 Å². The summed E-state index contributed by atoms with van der Waals surface area (Å²) in [7, 11) is 0. The number of aromatic nitrogens is 1. The summed E-state index contributed by atoms with van der Waals surface area (Å²) >= 11 is 0. The van der Waals surface area contributed by atoms with Crippen LogP contribution in [0.4, 0.5) is 0 Å². The van der Waals surface area contributed by atoms with Crippen molar-refractivity contribution in [3.8, 4) is 0 Å². The van der Waals surface area contributed by atoms with E-state index in [9.17, 15) is 0 Å². The van der Waals surface area contributed by atoms with Crippen molar-refractivity contribution in [1.29, 1.82) is 0 Å². The number of hydrogen-bond donors (Lipinski definition) is 0. The van der Waals surface area contributed by atoms with E-state index in [0.717, 1.165) is 17.8 Å². The highest BCUT2D eigenvalue weighted by Gasteiger charge is 2.11. The number of hydrogen-bond acceptors (Lipinski definition) is 4. The second-order valence-corrected chi connectivity index (χ2v) is 2.94. The molecular weight excluding hydrogens is 178 g/mol. The number of pyridine rings is 1. The van der Waals surface area contributed by atoms with E-state index in [2.05, 4.69) is 15.1 Å². The van der Waals surface area contributed by atoms with Gasteiger partial charge in [0.15, 0.2) is 0 Å². The van der Waals surface area contributed by atoms with Gasteiger partial charge in [-0.1, -0.05) is 18.1 Å². The van der Waals surface area contributed by atoms with E-state index in [4.69, 9.17) is 4.84 Å². The van der Waals surface area contributed by atoms with Gasteiger partial charge in [-0.2, -0.15) is 0 Å². The van der Waals surface area contributed by atoms with E-state index >= 15 is 0 Å². The van der Waals surface area contributed by atoms with E-state index in [-0.39, 0.29) is 0 Å². The summed E-state index contributed by atoms with van der Waals surface area (Å²) in [6, 6.07) is 5.60. The predicted molar refractivity (Wildman–Crippen MR) is 54.5 cm³/mol. The standard InChI is InChI=1S/C10H11N3O/c1-2-8-7-12-10(14-13-8)9-5-3-4-6-11-9/h3-6H,2,7H2,1H3. The van der Waals surface area contributed by atoms with Crippen molar-refractivity contribution in [2.45, 2.75) is 13.3 Å². The zero-order valence-corrected chi connectivity index (χ0v) is 7.97. The molecule has 0 saturated heterocycles. The van der Waals surface area contributed by atoms with Crippen molar-refractivity contribution in [2.75, 3.05) is 6.54 Å². The third-order valence-corrected chi connectivity index (χ3v) is 1.96. The van der Waals surface area contributed by atoms with Crippen LogP contribution >= 0.6 is 0 Å². The quantitative estimate of drug-likeness (QED) is 0.709. The monoisotopic (exact) mass is 189 g/mol. The van der Waals surface area contributed by atoms with Crippen LogP contribution in [0.25, 0.3) is 0 Å². The van der Waals surface area contributed by atoms with E-state index in [1.54, 1.807) is 6.20 Å². The lowest BCUT2D eigenvalue weighted by atomic mass is 10.3. The first kappa shape index (κ1) is 8.87. The Balaban J connectivity index is 2.13. The highest BCUT2D eigenvalue weighted by Crippen LogP contribution is 2.05. The second-order valence-electron chi connectivity index (χ2n) is 2.94. The molecule has 4 heteroatoms. The van der Waals surface area contributed by atoms with Gasteiger partial charge in [-0.05, 0) is 18.6 Å². The molecule has 0 atom stereocenters. The molecule has 1 aliphatic rings. The molecule has 0 saturated carbocycles. The molecule has 0 aliphatic carbocycles. The Morgan fingerprint density at radius 1 is 1.43 bits per heavy atom. The second kappa shape index (κ2) is 4.00. The van der Waals surface area contributed by atoms with Gasteiger partial charge in [-0.3, -0.25) is 4.98 Å². The third-order valence-electron chi connectivity index (χ3n) is 1.96. The van der Waals surface area contributed by atoms with Crippen LogP contribution in [0.2, 0.25) is 0 Å². The van der Waals surface area contributed by atoms with Crippen molar-refractivity contribution in [2.24, 2.45) is 10.1 Å². The molecule has 72 valence electrons. The first-order chi connectivity index (χ1) is 6.90. The molecule has 2 heterocycles. The van der Waals surface area contributed by atoms with Gasteiger partial charge >= 0.3 is 0 Å². The maximum absolute atomic E-state index is 5.14. The lowest BCUT2D eigenvalue weighted by molar-refractivity contribution is 0.319. The largest absolute Gasteiger partial charge is 0.335 e. The van der Waals surface area contributed by atoms with Crippen LogP contribution < -0.4 is 0 Å². The number of nitrogens with zero attached hydrogens (tertiary/aromatic N) is 3. The third kappa shape index (κ3) is 1.79. The average Bonchev–Trinajstić information content (AvgIpc) is 2.30. The molecule has 14 heavy (non-hydrogen) atoms. The summed E-state index contributed by atoms with van der Waals surface area (Å²) in [5.41, 5.74) is 1.69. The number of rotatable bonds is 2. The molecular formula is C10H11N3O. The summed E-state index contributed by atoms with van der Waals surface area (Å²) < 4.78 is 0. The minimum Gasteiger partial charge on any atom is -0.335 e. The average molecular weight is 189 g/mol. The molecule has 0 fully saturated rings. The lowest BCUT2D eigenvalue weighted by Crippen LogP contribution is -2.16. The molecule has 4 nitrogen and oxygen atoms in total. The summed E-state index contributed by atoms with van der Waals surface area (Å²) in [6.07, 6.45) is 2.58. The van der Waals surface area contributed by atoms with Crippen LogP contribution in [0.5, 0.6) is 0 Å². The fraction of sp³-hybridized carbons (Fsp3) is 0.300. The van der Waals surface area contributed by atoms with Crippen LogP contribution in [0, 0.1) is 0 Å².